The van der Waals surface area contributed by atoms with Gasteiger partial charge >= 0.3 is 6.03 Å². The lowest BCUT2D eigenvalue weighted by molar-refractivity contribution is 0.260. The predicted molar refractivity (Wildman–Crippen MR) is 116 cm³/mol. The van der Waals surface area contributed by atoms with Crippen LogP contribution in [0.4, 0.5) is 14.9 Å². The van der Waals surface area contributed by atoms with Crippen LogP contribution >= 0.6 is 0 Å². The normalized spacial score (nSPS) is 14.7. The van der Waals surface area contributed by atoms with Gasteiger partial charge in [-0.05, 0) is 44.2 Å². The third kappa shape index (κ3) is 4.08. The maximum absolute atomic E-state index is 14.1. The molecule has 2 amide bonds. The standard InChI is InChI=1S/C21H23FN6O2S/c1-3-28-12-16(22)20(26-28)31(23,30)27-21(29)25-19-15-10-7-11-17(15)24-13(2)18(19)14-8-5-4-6-9-14/h4-6,8-9,12H,3,7,10-11H2,1-2H3,(H3,23,24,25,27,29,30)/t31-/m0/s1. The molecule has 1 aromatic carbocycles. The first-order valence-electron chi connectivity index (χ1n) is 9.96. The molecule has 2 aromatic heterocycles. The average Bonchev–Trinajstić information content (AvgIpc) is 3.34. The van der Waals surface area contributed by atoms with Crippen molar-refractivity contribution in [2.45, 2.75) is 44.7 Å². The molecule has 1 aliphatic carbocycles. The minimum absolute atomic E-state index is 0.363. The summed E-state index contributed by atoms with van der Waals surface area (Å²) in [6.07, 6.45) is 3.57. The van der Waals surface area contributed by atoms with Gasteiger partial charge in [0.1, 0.15) is 0 Å². The summed E-state index contributed by atoms with van der Waals surface area (Å²) in [5.41, 5.74) is 4.86. The van der Waals surface area contributed by atoms with Gasteiger partial charge in [-0.25, -0.2) is 18.5 Å². The molecule has 0 fully saturated rings. The number of aromatic nitrogens is 3. The number of carbonyl (C=O) groups excluding carboxylic acids is 1. The maximum Gasteiger partial charge on any atom is 0.354 e. The molecule has 3 N–H and O–H groups in total. The van der Waals surface area contributed by atoms with Gasteiger partial charge in [0.25, 0.3) is 0 Å². The average molecular weight is 443 g/mol. The molecule has 3 aromatic rings. The number of anilines is 1. The van der Waals surface area contributed by atoms with E-state index in [0.29, 0.717) is 12.2 Å². The third-order valence-corrected chi connectivity index (χ3v) is 6.47. The largest absolute Gasteiger partial charge is 0.354 e. The van der Waals surface area contributed by atoms with Crippen LogP contribution in [0.1, 0.15) is 30.3 Å². The number of fused-ring (bicyclic) bond motifs is 1. The number of amides is 2. The topological polar surface area (TPSA) is 115 Å². The molecular formula is C21H23FN6O2S. The summed E-state index contributed by atoms with van der Waals surface area (Å²) in [6.45, 7) is 3.99. The number of nitrogens with one attached hydrogen (secondary N) is 1. The number of nitrogens with zero attached hydrogens (tertiary/aromatic N) is 4. The molecule has 1 atom stereocenters. The lowest BCUT2D eigenvalue weighted by atomic mass is 9.98. The van der Waals surface area contributed by atoms with E-state index < -0.39 is 26.8 Å². The highest BCUT2D eigenvalue weighted by atomic mass is 32.2. The summed E-state index contributed by atoms with van der Waals surface area (Å²) in [4.78, 5) is 17.5. The number of rotatable bonds is 4. The van der Waals surface area contributed by atoms with Gasteiger partial charge in [0.05, 0.1) is 11.9 Å². The van der Waals surface area contributed by atoms with Crippen molar-refractivity contribution < 1.29 is 13.4 Å². The lowest BCUT2D eigenvalue weighted by Crippen LogP contribution is -2.20. The van der Waals surface area contributed by atoms with Crippen molar-refractivity contribution in [3.05, 3.63) is 59.3 Å². The quantitative estimate of drug-likeness (QED) is 0.639. The molecule has 0 unspecified atom stereocenters. The molecule has 8 nitrogen and oxygen atoms in total. The Morgan fingerprint density at radius 2 is 2.06 bits per heavy atom. The van der Waals surface area contributed by atoms with Crippen LogP contribution < -0.4 is 10.5 Å². The molecule has 0 spiro atoms. The number of nitrogens with two attached hydrogens (primary N) is 1. The minimum Gasteiger partial charge on any atom is -0.304 e. The van der Waals surface area contributed by atoms with Crippen LogP contribution in [0.5, 0.6) is 0 Å². The molecule has 10 heteroatoms. The molecule has 1 aliphatic rings. The second-order valence-corrected chi connectivity index (χ2v) is 9.03. The van der Waals surface area contributed by atoms with Gasteiger partial charge < -0.3 is 5.32 Å². The van der Waals surface area contributed by atoms with Gasteiger partial charge in [0.2, 0.25) is 5.03 Å². The highest BCUT2D eigenvalue weighted by Crippen LogP contribution is 2.38. The van der Waals surface area contributed by atoms with E-state index >= 15 is 0 Å². The van der Waals surface area contributed by atoms with E-state index in [2.05, 4.69) is 14.8 Å². The van der Waals surface area contributed by atoms with Crippen LogP contribution in [0.25, 0.3) is 11.1 Å². The summed E-state index contributed by atoms with van der Waals surface area (Å²) in [5.74, 6) is -0.864. The zero-order valence-electron chi connectivity index (χ0n) is 17.3. The lowest BCUT2D eigenvalue weighted by Gasteiger charge is -2.17. The van der Waals surface area contributed by atoms with E-state index in [1.165, 1.54) is 4.68 Å². The van der Waals surface area contributed by atoms with Crippen LogP contribution in [0, 0.1) is 12.7 Å². The summed E-state index contributed by atoms with van der Waals surface area (Å²) >= 11 is 0. The second-order valence-electron chi connectivity index (χ2n) is 7.32. The Morgan fingerprint density at radius 3 is 2.74 bits per heavy atom. The van der Waals surface area contributed by atoms with Gasteiger partial charge in [-0.2, -0.15) is 5.10 Å². The number of carbonyl (C=O) groups is 1. The fraction of sp³-hybridized carbons (Fsp3) is 0.286. The molecular weight excluding hydrogens is 419 g/mol. The van der Waals surface area contributed by atoms with Gasteiger partial charge in [-0.15, -0.1) is 4.36 Å². The van der Waals surface area contributed by atoms with Crippen molar-refractivity contribution in [3.8, 4) is 11.1 Å². The van der Waals surface area contributed by atoms with Gasteiger partial charge in [-0.1, -0.05) is 30.3 Å². The van der Waals surface area contributed by atoms with E-state index in [4.69, 9.17) is 10.1 Å². The van der Waals surface area contributed by atoms with Crippen molar-refractivity contribution in [1.29, 1.82) is 0 Å². The summed E-state index contributed by atoms with van der Waals surface area (Å²) in [7, 11) is -3.86. The Labute approximate surface area is 180 Å². The molecule has 31 heavy (non-hydrogen) atoms. The van der Waals surface area contributed by atoms with E-state index in [1.807, 2.05) is 37.3 Å². The fourth-order valence-corrected chi connectivity index (χ4v) is 4.77. The minimum atomic E-state index is -3.86. The monoisotopic (exact) mass is 442 g/mol. The van der Waals surface area contributed by atoms with E-state index in [-0.39, 0.29) is 0 Å². The highest BCUT2D eigenvalue weighted by Gasteiger charge is 2.25. The molecule has 162 valence electrons. The SMILES string of the molecule is CCn1cc(F)c([S@@](N)(=O)=NC(=O)Nc2c3c(nc(C)c2-c2ccccc2)CCC3)n1. The first-order chi connectivity index (χ1) is 14.8. The Kier molecular flexibility index (Phi) is 5.59. The third-order valence-electron chi connectivity index (χ3n) is 5.20. The first kappa shape index (κ1) is 21.1. The molecule has 0 radical (unpaired) electrons. The van der Waals surface area contributed by atoms with Crippen molar-refractivity contribution in [2.24, 2.45) is 9.50 Å². The van der Waals surface area contributed by atoms with Crippen LogP contribution in [-0.2, 0) is 29.3 Å². The van der Waals surface area contributed by atoms with Crippen LogP contribution in [0.3, 0.4) is 0 Å². The molecule has 0 aliphatic heterocycles. The van der Waals surface area contributed by atoms with Gasteiger partial charge in [0, 0.05) is 23.5 Å². The van der Waals surface area contributed by atoms with Gasteiger partial charge in [0.15, 0.2) is 15.7 Å². The smallest absolute Gasteiger partial charge is 0.304 e. The number of pyridine rings is 1. The molecule has 0 saturated carbocycles. The number of halogens is 1. The highest BCUT2D eigenvalue weighted by molar-refractivity contribution is 7.91. The van der Waals surface area contributed by atoms with E-state index in [1.54, 1.807) is 6.92 Å². The molecule has 0 saturated heterocycles. The maximum atomic E-state index is 14.1. The van der Waals surface area contributed by atoms with Crippen molar-refractivity contribution in [2.75, 3.05) is 5.32 Å². The van der Waals surface area contributed by atoms with Crippen LogP contribution in [-0.4, -0.2) is 25.0 Å². The molecule has 2 heterocycles. The molecule has 4 rings (SSSR count). The molecule has 0 bridgehead atoms. The van der Waals surface area contributed by atoms with Gasteiger partial charge in [-0.3, -0.25) is 9.67 Å². The second kappa shape index (κ2) is 8.20. The van der Waals surface area contributed by atoms with E-state index in [9.17, 15) is 13.4 Å². The number of hydrogen-bond acceptors (Lipinski definition) is 4. The van der Waals surface area contributed by atoms with E-state index in [0.717, 1.165) is 53.5 Å². The first-order valence-corrected chi connectivity index (χ1v) is 11.5. The Bertz CT molecular complexity index is 1280. The van der Waals surface area contributed by atoms with Crippen molar-refractivity contribution >= 4 is 21.6 Å². The zero-order chi connectivity index (χ0) is 22.2. The van der Waals surface area contributed by atoms with Crippen molar-refractivity contribution in [3.63, 3.8) is 0 Å². The van der Waals surface area contributed by atoms with Crippen LogP contribution in [0.15, 0.2) is 45.9 Å². The summed E-state index contributed by atoms with van der Waals surface area (Å²) in [6, 6.07) is 8.64. The fourth-order valence-electron chi connectivity index (χ4n) is 3.84. The number of hydrogen-bond donors (Lipinski definition) is 2. The number of benzene rings is 1. The van der Waals surface area contributed by atoms with Crippen LogP contribution in [0.2, 0.25) is 0 Å². The predicted octanol–water partition coefficient (Wildman–Crippen LogP) is 3.83. The Morgan fingerprint density at radius 1 is 1.32 bits per heavy atom. The Balaban J connectivity index is 1.77. The zero-order valence-corrected chi connectivity index (χ0v) is 18.1. The number of urea groups is 1. The number of aryl methyl sites for hydroxylation is 3. The summed E-state index contributed by atoms with van der Waals surface area (Å²) in [5, 5.41) is 11.8. The van der Waals surface area contributed by atoms with Crippen molar-refractivity contribution in [1.82, 2.24) is 14.8 Å². The Hall–Kier alpha value is -3.11. The summed E-state index contributed by atoms with van der Waals surface area (Å²) < 4.78 is 31.8.